The molecule has 0 fully saturated rings. The average molecular weight is 258 g/mol. The molecule has 0 unspecified atom stereocenters. The Kier molecular flexibility index (Phi) is 2.53. The van der Waals surface area contributed by atoms with Crippen molar-refractivity contribution in [2.24, 2.45) is 12.5 Å². The topological polar surface area (TPSA) is 3.88 Å². The third kappa shape index (κ3) is 3.66. The Morgan fingerprint density at radius 1 is 1.16 bits per heavy atom. The minimum atomic E-state index is -1.60. The SMILES string of the molecule is [2H]c1cc(C([2H])([2H])C(C)(C)C)cc([2H])c1-c1cc[n+](C)c(C)c1. The molecule has 0 N–H and O–H groups in total. The number of aryl methyl sites for hydroxylation is 2. The number of hydrogen-bond acceptors (Lipinski definition) is 0. The zero-order chi connectivity index (χ0) is 17.6. The second-order valence-electron chi connectivity index (χ2n) is 5.95. The third-order valence-corrected chi connectivity index (χ3v) is 2.95. The maximum atomic E-state index is 8.35. The van der Waals surface area contributed by atoms with Crippen molar-refractivity contribution in [3.63, 3.8) is 0 Å². The Balaban J connectivity index is 2.60. The van der Waals surface area contributed by atoms with Gasteiger partial charge < -0.3 is 0 Å². The molecule has 0 aliphatic carbocycles. The summed E-state index contributed by atoms with van der Waals surface area (Å²) >= 11 is 0. The van der Waals surface area contributed by atoms with Crippen molar-refractivity contribution in [3.8, 4) is 11.1 Å². The lowest BCUT2D eigenvalue weighted by Gasteiger charge is -2.18. The van der Waals surface area contributed by atoms with Gasteiger partial charge in [0.15, 0.2) is 11.9 Å². The first kappa shape index (κ1) is 9.30. The molecule has 2 aromatic rings. The molecule has 0 amide bonds. The van der Waals surface area contributed by atoms with Crippen molar-refractivity contribution in [3.05, 3.63) is 53.8 Å². The summed E-state index contributed by atoms with van der Waals surface area (Å²) in [5.74, 6) is 0. The zero-order valence-electron chi connectivity index (χ0n) is 16.3. The standard InChI is InChI=1S/C18H24N/c1-14-12-17(10-11-19(14)5)16-8-6-15(7-9-16)13-18(2,3)4/h6-12H,13H2,1-5H3/q+1/i8D,9D,13D2. The first-order chi connectivity index (χ1) is 10.4. The predicted molar refractivity (Wildman–Crippen MR) is 81.0 cm³/mol. The molecule has 19 heavy (non-hydrogen) atoms. The molecule has 2 rings (SSSR count). The van der Waals surface area contributed by atoms with Crippen molar-refractivity contribution < 1.29 is 10.1 Å². The van der Waals surface area contributed by atoms with Gasteiger partial charge in [-0.05, 0) is 28.5 Å². The van der Waals surface area contributed by atoms with Gasteiger partial charge in [0, 0.05) is 21.8 Å². The van der Waals surface area contributed by atoms with E-state index in [0.29, 0.717) is 11.1 Å². The Hall–Kier alpha value is -1.63. The number of aromatic nitrogens is 1. The minimum Gasteiger partial charge on any atom is -0.205 e. The quantitative estimate of drug-likeness (QED) is 0.715. The summed E-state index contributed by atoms with van der Waals surface area (Å²) in [7, 11) is 1.95. The molecule has 1 aromatic carbocycles. The molecule has 1 heterocycles. The number of benzene rings is 1. The molecule has 0 aliphatic rings. The summed E-state index contributed by atoms with van der Waals surface area (Å²) in [5, 5.41) is 0. The van der Waals surface area contributed by atoms with Crippen LogP contribution in [0.2, 0.25) is 0 Å². The van der Waals surface area contributed by atoms with Crippen LogP contribution in [0.1, 0.15) is 37.5 Å². The molecule has 1 nitrogen and oxygen atoms in total. The molecule has 0 saturated carbocycles. The van der Waals surface area contributed by atoms with Crippen LogP contribution in [0.25, 0.3) is 11.1 Å². The van der Waals surface area contributed by atoms with Gasteiger partial charge in [0.25, 0.3) is 0 Å². The molecule has 0 aliphatic heterocycles. The summed E-state index contributed by atoms with van der Waals surface area (Å²) < 4.78 is 35.3. The van der Waals surface area contributed by atoms with Crippen LogP contribution in [0, 0.1) is 12.3 Å². The summed E-state index contributed by atoms with van der Waals surface area (Å²) in [6.07, 6.45) is 0.308. The number of rotatable bonds is 2. The molecular formula is C18H24N+. The largest absolute Gasteiger partial charge is 0.205 e. The fourth-order valence-corrected chi connectivity index (χ4v) is 1.90. The fraction of sp³-hybridized carbons (Fsp3) is 0.389. The van der Waals surface area contributed by atoms with E-state index < -0.39 is 11.8 Å². The Bertz CT molecular complexity index is 722. The molecule has 100 valence electrons. The second-order valence-corrected chi connectivity index (χ2v) is 5.95. The average Bonchev–Trinajstić information content (AvgIpc) is 2.40. The summed E-state index contributed by atoms with van der Waals surface area (Å²) in [6.45, 7) is 7.46. The first-order valence-electron chi connectivity index (χ1n) is 8.53. The monoisotopic (exact) mass is 258 g/mol. The van der Waals surface area contributed by atoms with Crippen molar-refractivity contribution in [1.29, 1.82) is 0 Å². The fourth-order valence-electron chi connectivity index (χ4n) is 1.90. The van der Waals surface area contributed by atoms with Gasteiger partial charge in [0.2, 0.25) is 0 Å². The number of nitrogens with zero attached hydrogens (tertiary/aromatic N) is 1. The van der Waals surface area contributed by atoms with E-state index in [0.717, 1.165) is 11.3 Å². The zero-order valence-corrected chi connectivity index (χ0v) is 12.3. The lowest BCUT2D eigenvalue weighted by Crippen LogP contribution is -2.30. The Morgan fingerprint density at radius 3 is 2.32 bits per heavy atom. The Labute approximate surface area is 122 Å². The van der Waals surface area contributed by atoms with Crippen LogP contribution in [0.5, 0.6) is 0 Å². The summed E-state index contributed by atoms with van der Waals surface area (Å²) in [5.41, 5.74) is 2.18. The number of hydrogen-bond donors (Lipinski definition) is 0. The van der Waals surface area contributed by atoms with Gasteiger partial charge >= 0.3 is 0 Å². The number of pyridine rings is 1. The van der Waals surface area contributed by atoms with E-state index in [9.17, 15) is 0 Å². The molecular weight excluding hydrogens is 230 g/mol. The lowest BCUT2D eigenvalue weighted by atomic mass is 9.88. The highest BCUT2D eigenvalue weighted by Crippen LogP contribution is 2.24. The van der Waals surface area contributed by atoms with Gasteiger partial charge in [-0.2, -0.15) is 0 Å². The maximum absolute atomic E-state index is 8.35. The minimum absolute atomic E-state index is 0.189. The van der Waals surface area contributed by atoms with Gasteiger partial charge in [-0.3, -0.25) is 0 Å². The molecule has 0 atom stereocenters. The lowest BCUT2D eigenvalue weighted by molar-refractivity contribution is -0.677. The van der Waals surface area contributed by atoms with E-state index in [-0.39, 0.29) is 12.1 Å². The van der Waals surface area contributed by atoms with Gasteiger partial charge in [-0.15, -0.1) is 0 Å². The van der Waals surface area contributed by atoms with Crippen LogP contribution in [-0.4, -0.2) is 0 Å². The smallest absolute Gasteiger partial charge is 0.178 e. The van der Waals surface area contributed by atoms with E-state index in [1.807, 2.05) is 57.6 Å². The van der Waals surface area contributed by atoms with Crippen molar-refractivity contribution in [2.45, 2.75) is 34.1 Å². The van der Waals surface area contributed by atoms with Crippen LogP contribution in [0.4, 0.5) is 0 Å². The predicted octanol–water partition coefficient (Wildman–Crippen LogP) is 4.08. The van der Waals surface area contributed by atoms with Crippen molar-refractivity contribution in [2.75, 3.05) is 0 Å². The van der Waals surface area contributed by atoms with Gasteiger partial charge in [0.1, 0.15) is 7.05 Å². The molecule has 0 radical (unpaired) electrons. The third-order valence-electron chi connectivity index (χ3n) is 2.95. The van der Waals surface area contributed by atoms with Gasteiger partial charge in [-0.1, -0.05) is 45.0 Å². The molecule has 0 spiro atoms. The van der Waals surface area contributed by atoms with E-state index in [1.54, 1.807) is 12.1 Å². The maximum Gasteiger partial charge on any atom is 0.178 e. The van der Waals surface area contributed by atoms with E-state index in [4.69, 9.17) is 5.48 Å². The van der Waals surface area contributed by atoms with Crippen molar-refractivity contribution >= 4 is 0 Å². The molecule has 0 bridgehead atoms. The Morgan fingerprint density at radius 2 is 1.79 bits per heavy atom. The van der Waals surface area contributed by atoms with Gasteiger partial charge in [0.05, 0.1) is 2.74 Å². The normalized spacial score (nSPS) is 15.4. The van der Waals surface area contributed by atoms with Crippen LogP contribution in [0.3, 0.4) is 0 Å². The highest BCUT2D eigenvalue weighted by molar-refractivity contribution is 5.63. The van der Waals surface area contributed by atoms with Crippen LogP contribution >= 0.6 is 0 Å². The summed E-state index contributed by atoms with van der Waals surface area (Å²) in [4.78, 5) is 0. The molecule has 1 aromatic heterocycles. The molecule has 0 saturated heterocycles. The van der Waals surface area contributed by atoms with Crippen LogP contribution in [-0.2, 0) is 13.4 Å². The van der Waals surface area contributed by atoms with E-state index in [2.05, 4.69) is 0 Å². The van der Waals surface area contributed by atoms with E-state index in [1.165, 1.54) is 0 Å². The van der Waals surface area contributed by atoms with Gasteiger partial charge in [-0.25, -0.2) is 4.57 Å². The second kappa shape index (κ2) is 5.16. The summed E-state index contributed by atoms with van der Waals surface area (Å²) in [6, 6.07) is 7.32. The van der Waals surface area contributed by atoms with Crippen molar-refractivity contribution in [1.82, 2.24) is 0 Å². The van der Waals surface area contributed by atoms with E-state index >= 15 is 0 Å². The highest BCUT2D eigenvalue weighted by atomic mass is 14.9. The molecule has 1 heteroatoms. The highest BCUT2D eigenvalue weighted by Gasteiger charge is 2.11. The first-order valence-corrected chi connectivity index (χ1v) is 6.53. The van der Waals surface area contributed by atoms with Crippen LogP contribution in [0.15, 0.2) is 42.5 Å². The van der Waals surface area contributed by atoms with Crippen LogP contribution < -0.4 is 4.57 Å².